The van der Waals surface area contributed by atoms with E-state index < -0.39 is 0 Å². The number of aromatic nitrogens is 5. The highest BCUT2D eigenvalue weighted by molar-refractivity contribution is 5.09. The lowest BCUT2D eigenvalue weighted by Crippen LogP contribution is -2.26. The van der Waals surface area contributed by atoms with Gasteiger partial charge in [0.2, 0.25) is 0 Å². The highest BCUT2D eigenvalue weighted by Gasteiger charge is 2.17. The second-order valence-electron chi connectivity index (χ2n) is 4.19. The monoisotopic (exact) mass is 248 g/mol. The van der Waals surface area contributed by atoms with Crippen molar-refractivity contribution in [3.05, 3.63) is 30.1 Å². The SMILES string of the molecule is CCNC(Cc1ncnn1CC)c1ccnn1C. The minimum Gasteiger partial charge on any atom is -0.309 e. The third-order valence-corrected chi connectivity index (χ3v) is 3.05. The molecule has 0 bridgehead atoms. The van der Waals surface area contributed by atoms with Crippen LogP contribution in [0.25, 0.3) is 0 Å². The molecular formula is C12H20N6. The van der Waals surface area contributed by atoms with Gasteiger partial charge in [0.15, 0.2) is 0 Å². The van der Waals surface area contributed by atoms with Crippen molar-refractivity contribution >= 4 is 0 Å². The summed E-state index contributed by atoms with van der Waals surface area (Å²) in [7, 11) is 1.96. The molecule has 0 aliphatic heterocycles. The first-order valence-electron chi connectivity index (χ1n) is 6.34. The van der Waals surface area contributed by atoms with Crippen LogP contribution >= 0.6 is 0 Å². The molecule has 6 heteroatoms. The molecule has 0 aliphatic rings. The van der Waals surface area contributed by atoms with E-state index in [1.165, 1.54) is 5.69 Å². The molecule has 0 amide bonds. The standard InChI is InChI=1S/C12H20N6/c1-4-13-10(11-6-7-15-17(11)3)8-12-14-9-16-18(12)5-2/h6-7,9-10,13H,4-5,8H2,1-3H3. The van der Waals surface area contributed by atoms with Crippen molar-refractivity contribution in [2.24, 2.45) is 7.05 Å². The molecule has 0 spiro atoms. The summed E-state index contributed by atoms with van der Waals surface area (Å²) in [6.07, 6.45) is 4.26. The van der Waals surface area contributed by atoms with E-state index in [1.54, 1.807) is 6.33 Å². The van der Waals surface area contributed by atoms with Crippen molar-refractivity contribution in [3.63, 3.8) is 0 Å². The summed E-state index contributed by atoms with van der Waals surface area (Å²) in [6, 6.07) is 2.26. The van der Waals surface area contributed by atoms with Crippen molar-refractivity contribution in [1.29, 1.82) is 0 Å². The molecule has 2 aromatic rings. The van der Waals surface area contributed by atoms with Crippen LogP contribution in [0.1, 0.15) is 31.4 Å². The Morgan fingerprint density at radius 1 is 1.33 bits per heavy atom. The highest BCUT2D eigenvalue weighted by Crippen LogP contribution is 2.16. The molecule has 2 heterocycles. The van der Waals surface area contributed by atoms with E-state index in [-0.39, 0.29) is 6.04 Å². The molecule has 0 fully saturated rings. The summed E-state index contributed by atoms with van der Waals surface area (Å²) in [5.41, 5.74) is 1.17. The van der Waals surface area contributed by atoms with E-state index in [9.17, 15) is 0 Å². The molecule has 98 valence electrons. The average Bonchev–Trinajstić information content (AvgIpc) is 2.97. The fourth-order valence-corrected chi connectivity index (χ4v) is 2.15. The van der Waals surface area contributed by atoms with Gasteiger partial charge in [-0.3, -0.25) is 9.36 Å². The Balaban J connectivity index is 2.19. The van der Waals surface area contributed by atoms with Gasteiger partial charge in [0.1, 0.15) is 12.2 Å². The van der Waals surface area contributed by atoms with Crippen molar-refractivity contribution in [1.82, 2.24) is 29.9 Å². The predicted octanol–water partition coefficient (Wildman–Crippen LogP) is 0.925. The number of hydrogen-bond acceptors (Lipinski definition) is 4. The van der Waals surface area contributed by atoms with Gasteiger partial charge < -0.3 is 5.32 Å². The maximum atomic E-state index is 4.33. The maximum absolute atomic E-state index is 4.33. The summed E-state index contributed by atoms with van der Waals surface area (Å²) >= 11 is 0. The molecule has 2 aromatic heterocycles. The zero-order valence-electron chi connectivity index (χ0n) is 11.2. The predicted molar refractivity (Wildman–Crippen MR) is 69.0 cm³/mol. The average molecular weight is 248 g/mol. The summed E-state index contributed by atoms with van der Waals surface area (Å²) < 4.78 is 3.83. The van der Waals surface area contributed by atoms with Crippen LogP contribution in [0.15, 0.2) is 18.6 Å². The first-order chi connectivity index (χ1) is 8.76. The normalized spacial score (nSPS) is 12.8. The van der Waals surface area contributed by atoms with Crippen LogP contribution in [0.3, 0.4) is 0 Å². The van der Waals surface area contributed by atoms with Crippen molar-refractivity contribution in [2.45, 2.75) is 32.9 Å². The second kappa shape index (κ2) is 5.77. The highest BCUT2D eigenvalue weighted by atomic mass is 15.3. The lowest BCUT2D eigenvalue weighted by atomic mass is 10.1. The van der Waals surface area contributed by atoms with E-state index >= 15 is 0 Å². The second-order valence-corrected chi connectivity index (χ2v) is 4.19. The van der Waals surface area contributed by atoms with Crippen LogP contribution in [-0.2, 0) is 20.0 Å². The number of rotatable bonds is 6. The van der Waals surface area contributed by atoms with Gasteiger partial charge in [0.05, 0.1) is 11.7 Å². The van der Waals surface area contributed by atoms with Gasteiger partial charge in [0, 0.05) is 26.2 Å². The Bertz CT molecular complexity index is 486. The first-order valence-corrected chi connectivity index (χ1v) is 6.34. The van der Waals surface area contributed by atoms with Crippen LogP contribution in [0.2, 0.25) is 0 Å². The Kier molecular flexibility index (Phi) is 4.09. The summed E-state index contributed by atoms with van der Waals surface area (Å²) in [6.45, 7) is 5.94. The molecule has 1 N–H and O–H groups in total. The van der Waals surface area contributed by atoms with Gasteiger partial charge in [-0.2, -0.15) is 10.2 Å². The molecule has 1 unspecified atom stereocenters. The van der Waals surface area contributed by atoms with Crippen LogP contribution in [-0.4, -0.2) is 31.1 Å². The third-order valence-electron chi connectivity index (χ3n) is 3.05. The summed E-state index contributed by atoms with van der Waals surface area (Å²) in [5.74, 6) is 1.00. The molecule has 0 aromatic carbocycles. The van der Waals surface area contributed by atoms with Crippen LogP contribution in [0.4, 0.5) is 0 Å². The molecule has 0 aliphatic carbocycles. The Morgan fingerprint density at radius 2 is 2.17 bits per heavy atom. The van der Waals surface area contributed by atoms with E-state index in [4.69, 9.17) is 0 Å². The van der Waals surface area contributed by atoms with Crippen molar-refractivity contribution in [3.8, 4) is 0 Å². The lowest BCUT2D eigenvalue weighted by Gasteiger charge is -2.17. The van der Waals surface area contributed by atoms with Gasteiger partial charge in [0.25, 0.3) is 0 Å². The Hall–Kier alpha value is -1.69. The number of hydrogen-bond donors (Lipinski definition) is 1. The van der Waals surface area contributed by atoms with Crippen molar-refractivity contribution < 1.29 is 0 Å². The molecule has 0 saturated heterocycles. The Morgan fingerprint density at radius 3 is 2.78 bits per heavy atom. The molecule has 2 rings (SSSR count). The van der Waals surface area contributed by atoms with Gasteiger partial charge in [-0.05, 0) is 19.5 Å². The van der Waals surface area contributed by atoms with Crippen LogP contribution < -0.4 is 5.32 Å². The zero-order valence-corrected chi connectivity index (χ0v) is 11.2. The number of nitrogens with one attached hydrogen (secondary N) is 1. The summed E-state index contributed by atoms with van der Waals surface area (Å²) in [4.78, 5) is 4.33. The smallest absolute Gasteiger partial charge is 0.138 e. The van der Waals surface area contributed by atoms with E-state index in [1.807, 2.05) is 28.7 Å². The largest absolute Gasteiger partial charge is 0.309 e. The number of likely N-dealkylation sites (N-methyl/N-ethyl adjacent to an activating group) is 1. The maximum Gasteiger partial charge on any atom is 0.138 e. The molecule has 18 heavy (non-hydrogen) atoms. The lowest BCUT2D eigenvalue weighted by molar-refractivity contribution is 0.480. The van der Waals surface area contributed by atoms with Gasteiger partial charge in [-0.15, -0.1) is 0 Å². The topological polar surface area (TPSA) is 60.6 Å². The minimum atomic E-state index is 0.219. The molecule has 1 atom stereocenters. The minimum absolute atomic E-state index is 0.219. The number of aryl methyl sites for hydroxylation is 2. The quantitative estimate of drug-likeness (QED) is 0.826. The molecule has 0 radical (unpaired) electrons. The van der Waals surface area contributed by atoms with E-state index in [0.717, 1.165) is 25.3 Å². The molecular weight excluding hydrogens is 228 g/mol. The van der Waals surface area contributed by atoms with E-state index in [2.05, 4.69) is 34.3 Å². The summed E-state index contributed by atoms with van der Waals surface area (Å²) in [5, 5.41) is 11.9. The van der Waals surface area contributed by atoms with Crippen LogP contribution in [0.5, 0.6) is 0 Å². The fraction of sp³-hybridized carbons (Fsp3) is 0.583. The van der Waals surface area contributed by atoms with E-state index in [0.29, 0.717) is 0 Å². The van der Waals surface area contributed by atoms with Gasteiger partial charge in [-0.25, -0.2) is 4.98 Å². The van der Waals surface area contributed by atoms with Gasteiger partial charge in [-0.1, -0.05) is 6.92 Å². The zero-order chi connectivity index (χ0) is 13.0. The first kappa shape index (κ1) is 12.8. The fourth-order valence-electron chi connectivity index (χ4n) is 2.15. The van der Waals surface area contributed by atoms with Gasteiger partial charge >= 0.3 is 0 Å². The molecule has 6 nitrogen and oxygen atoms in total. The van der Waals surface area contributed by atoms with Crippen molar-refractivity contribution in [2.75, 3.05) is 6.54 Å². The van der Waals surface area contributed by atoms with Crippen LogP contribution in [0, 0.1) is 0 Å². The molecule has 0 saturated carbocycles. The number of nitrogens with zero attached hydrogens (tertiary/aromatic N) is 5. The Labute approximate surface area is 107 Å². The third kappa shape index (κ3) is 2.59.